The molecule has 122 valence electrons. The maximum atomic E-state index is 11.6. The van der Waals surface area contributed by atoms with E-state index < -0.39 is 0 Å². The lowest BCUT2D eigenvalue weighted by atomic mass is 10.1. The van der Waals surface area contributed by atoms with Crippen molar-refractivity contribution >= 4 is 16.7 Å². The molecule has 0 heterocycles. The Morgan fingerprint density at radius 2 is 1.74 bits per heavy atom. The van der Waals surface area contributed by atoms with E-state index in [2.05, 4.69) is 6.58 Å². The van der Waals surface area contributed by atoms with Gasteiger partial charge in [0.1, 0.15) is 24.2 Å². The van der Waals surface area contributed by atoms with E-state index in [1.807, 2.05) is 43.3 Å². The molecule has 0 amide bonds. The van der Waals surface area contributed by atoms with Crippen molar-refractivity contribution in [1.82, 2.24) is 0 Å². The van der Waals surface area contributed by atoms with Crippen LogP contribution in [0.4, 0.5) is 0 Å². The van der Waals surface area contributed by atoms with Crippen LogP contribution >= 0.6 is 0 Å². The molecule has 0 saturated heterocycles. The van der Waals surface area contributed by atoms with Crippen molar-refractivity contribution in [2.75, 3.05) is 13.7 Å². The number of carbonyl (C=O) groups is 1. The molecule has 1 atom stereocenters. The summed E-state index contributed by atoms with van der Waals surface area (Å²) in [5.74, 6) is 1.15. The molecule has 2 aromatic rings. The number of carbonyl (C=O) groups excluding carboxylic acids is 1. The normalized spacial score (nSPS) is 11.8. The predicted octanol–water partition coefficient (Wildman–Crippen LogP) is 4.13. The van der Waals surface area contributed by atoms with E-state index in [1.165, 1.54) is 0 Å². The van der Waals surface area contributed by atoms with E-state index in [0.717, 1.165) is 22.3 Å². The van der Waals surface area contributed by atoms with Gasteiger partial charge in [-0.2, -0.15) is 0 Å². The number of hydrogen-bond acceptors (Lipinski definition) is 4. The molecule has 0 saturated carbocycles. The van der Waals surface area contributed by atoms with Crippen LogP contribution in [-0.2, 0) is 9.53 Å². The number of benzene rings is 2. The quantitative estimate of drug-likeness (QED) is 0.569. The minimum atomic E-state index is -0.389. The van der Waals surface area contributed by atoms with Gasteiger partial charge in [-0.25, -0.2) is 4.79 Å². The number of rotatable bonds is 7. The molecule has 0 aromatic heterocycles. The summed E-state index contributed by atoms with van der Waals surface area (Å²) in [5, 5.41) is 1.95. The zero-order chi connectivity index (χ0) is 16.8. The monoisotopic (exact) mass is 314 g/mol. The highest BCUT2D eigenvalue weighted by Crippen LogP contribution is 2.33. The minimum Gasteiger partial charge on any atom is -0.496 e. The van der Waals surface area contributed by atoms with Crippen LogP contribution in [-0.4, -0.2) is 25.8 Å². The molecule has 0 aliphatic rings. The van der Waals surface area contributed by atoms with Crippen molar-refractivity contribution in [3.8, 4) is 11.5 Å². The highest BCUT2D eigenvalue weighted by atomic mass is 16.6. The molecule has 0 N–H and O–H groups in total. The average Bonchev–Trinajstić information content (AvgIpc) is 2.57. The molecule has 2 aromatic carbocycles. The van der Waals surface area contributed by atoms with Gasteiger partial charge in [0.05, 0.1) is 7.11 Å². The highest BCUT2D eigenvalue weighted by molar-refractivity contribution is 5.93. The molecule has 0 radical (unpaired) electrons. The lowest BCUT2D eigenvalue weighted by molar-refractivity contribution is -0.145. The molecule has 0 spiro atoms. The topological polar surface area (TPSA) is 44.8 Å². The van der Waals surface area contributed by atoms with Crippen LogP contribution < -0.4 is 9.47 Å². The average molecular weight is 314 g/mol. The van der Waals surface area contributed by atoms with E-state index in [9.17, 15) is 4.79 Å². The van der Waals surface area contributed by atoms with Crippen molar-refractivity contribution < 1.29 is 19.0 Å². The summed E-state index contributed by atoms with van der Waals surface area (Å²) in [6.45, 7) is 7.47. The fraction of sp³-hybridized carbons (Fsp3) is 0.316. The molecule has 4 nitrogen and oxygen atoms in total. The van der Waals surface area contributed by atoms with E-state index in [0.29, 0.717) is 18.6 Å². The first kappa shape index (κ1) is 16.9. The number of ether oxygens (including phenoxy) is 3. The summed E-state index contributed by atoms with van der Waals surface area (Å²) in [6, 6.07) is 11.6. The van der Waals surface area contributed by atoms with E-state index in [1.54, 1.807) is 14.0 Å². The number of methoxy groups -OCH3 is 1. The third kappa shape index (κ3) is 4.03. The number of hydrogen-bond donors (Lipinski definition) is 0. The van der Waals surface area contributed by atoms with Gasteiger partial charge in [0.15, 0.2) is 0 Å². The van der Waals surface area contributed by atoms with Crippen LogP contribution in [0, 0.1) is 0 Å². The molecule has 0 aliphatic carbocycles. The standard InChI is InChI=1S/C19H22O4/c1-5-14(23-19(20)13(2)3)12-22-18-11-10-17(21-4)15-8-6-7-9-16(15)18/h6-11,14H,2,5,12H2,1,3-4H3. The Labute approximate surface area is 136 Å². The third-order valence-corrected chi connectivity index (χ3v) is 3.57. The van der Waals surface area contributed by atoms with E-state index >= 15 is 0 Å². The Morgan fingerprint density at radius 1 is 1.13 bits per heavy atom. The van der Waals surface area contributed by atoms with Gasteiger partial charge in [0.25, 0.3) is 0 Å². The maximum absolute atomic E-state index is 11.6. The SMILES string of the molecule is C=C(C)C(=O)OC(CC)COc1ccc(OC)c2ccccc12. The van der Waals surface area contributed by atoms with E-state index in [-0.39, 0.29) is 12.1 Å². The molecule has 0 aliphatic heterocycles. The van der Waals surface area contributed by atoms with Gasteiger partial charge in [0, 0.05) is 16.3 Å². The van der Waals surface area contributed by atoms with Crippen molar-refractivity contribution in [3.63, 3.8) is 0 Å². The molecule has 23 heavy (non-hydrogen) atoms. The summed E-state index contributed by atoms with van der Waals surface area (Å²) in [7, 11) is 1.65. The Morgan fingerprint density at radius 3 is 2.30 bits per heavy atom. The lowest BCUT2D eigenvalue weighted by Crippen LogP contribution is -2.24. The molecule has 0 fully saturated rings. The largest absolute Gasteiger partial charge is 0.496 e. The molecule has 2 rings (SSSR count). The van der Waals surface area contributed by atoms with Gasteiger partial charge in [0.2, 0.25) is 0 Å². The predicted molar refractivity (Wildman–Crippen MR) is 91.0 cm³/mol. The second-order valence-corrected chi connectivity index (χ2v) is 5.34. The Bertz CT molecular complexity index is 706. The fourth-order valence-corrected chi connectivity index (χ4v) is 2.22. The fourth-order valence-electron chi connectivity index (χ4n) is 2.22. The van der Waals surface area contributed by atoms with Crippen molar-refractivity contribution in [3.05, 3.63) is 48.6 Å². The summed E-state index contributed by atoms with van der Waals surface area (Å²) in [5.41, 5.74) is 0.387. The molecule has 1 unspecified atom stereocenters. The summed E-state index contributed by atoms with van der Waals surface area (Å²) < 4.78 is 16.6. The number of esters is 1. The molecule has 0 bridgehead atoms. The van der Waals surface area contributed by atoms with Crippen molar-refractivity contribution in [2.45, 2.75) is 26.4 Å². The first-order valence-corrected chi connectivity index (χ1v) is 7.61. The smallest absolute Gasteiger partial charge is 0.333 e. The van der Waals surface area contributed by atoms with Crippen LogP contribution in [0.5, 0.6) is 11.5 Å². The zero-order valence-corrected chi connectivity index (χ0v) is 13.8. The van der Waals surface area contributed by atoms with Crippen molar-refractivity contribution in [1.29, 1.82) is 0 Å². The number of fused-ring (bicyclic) bond motifs is 1. The Kier molecular flexibility index (Phi) is 5.63. The first-order valence-electron chi connectivity index (χ1n) is 7.61. The summed E-state index contributed by atoms with van der Waals surface area (Å²) in [6.07, 6.45) is 0.368. The van der Waals surface area contributed by atoms with Crippen LogP contribution in [0.15, 0.2) is 48.6 Å². The first-order chi connectivity index (χ1) is 11.1. The van der Waals surface area contributed by atoms with Crippen LogP contribution in [0.2, 0.25) is 0 Å². The van der Waals surface area contributed by atoms with Crippen LogP contribution in [0.25, 0.3) is 10.8 Å². The lowest BCUT2D eigenvalue weighted by Gasteiger charge is -2.18. The van der Waals surface area contributed by atoms with Gasteiger partial charge in [-0.15, -0.1) is 0 Å². The van der Waals surface area contributed by atoms with Gasteiger partial charge in [-0.1, -0.05) is 37.8 Å². The zero-order valence-electron chi connectivity index (χ0n) is 13.8. The Balaban J connectivity index is 2.15. The molecule has 4 heteroatoms. The van der Waals surface area contributed by atoms with Crippen LogP contribution in [0.3, 0.4) is 0 Å². The molecular formula is C19H22O4. The second kappa shape index (κ2) is 7.68. The maximum Gasteiger partial charge on any atom is 0.333 e. The van der Waals surface area contributed by atoms with Crippen molar-refractivity contribution in [2.24, 2.45) is 0 Å². The van der Waals surface area contributed by atoms with Gasteiger partial charge in [-0.3, -0.25) is 0 Å². The van der Waals surface area contributed by atoms with Gasteiger partial charge in [-0.05, 0) is 25.5 Å². The van der Waals surface area contributed by atoms with Gasteiger partial charge >= 0.3 is 5.97 Å². The summed E-state index contributed by atoms with van der Waals surface area (Å²) in [4.78, 5) is 11.6. The second-order valence-electron chi connectivity index (χ2n) is 5.34. The summed E-state index contributed by atoms with van der Waals surface area (Å²) >= 11 is 0. The molecular weight excluding hydrogens is 292 g/mol. The van der Waals surface area contributed by atoms with E-state index in [4.69, 9.17) is 14.2 Å². The van der Waals surface area contributed by atoms with Gasteiger partial charge < -0.3 is 14.2 Å². The Hall–Kier alpha value is -2.49. The third-order valence-electron chi connectivity index (χ3n) is 3.57. The minimum absolute atomic E-state index is 0.297. The van der Waals surface area contributed by atoms with Crippen LogP contribution in [0.1, 0.15) is 20.3 Å². The highest BCUT2D eigenvalue weighted by Gasteiger charge is 2.15.